The molecule has 1 heterocycles. The van der Waals surface area contributed by atoms with Crippen LogP contribution in [0.2, 0.25) is 10.0 Å². The van der Waals surface area contributed by atoms with E-state index in [0.717, 1.165) is 11.3 Å². The molecule has 7 heteroatoms. The first-order valence-electron chi connectivity index (χ1n) is 7.92. The molecule has 0 amide bonds. The van der Waals surface area contributed by atoms with Crippen molar-refractivity contribution in [2.24, 2.45) is 0 Å². The van der Waals surface area contributed by atoms with Crippen molar-refractivity contribution >= 4 is 38.9 Å². The van der Waals surface area contributed by atoms with Gasteiger partial charge in [0, 0.05) is 22.3 Å². The van der Waals surface area contributed by atoms with Crippen LogP contribution in [0.3, 0.4) is 0 Å². The predicted molar refractivity (Wildman–Crippen MR) is 106 cm³/mol. The number of hydrogen-bond acceptors (Lipinski definition) is 3. The first kappa shape index (κ1) is 18.8. The highest BCUT2D eigenvalue weighted by Crippen LogP contribution is 2.34. The maximum Gasteiger partial charge on any atom is 0.210 e. The van der Waals surface area contributed by atoms with Gasteiger partial charge in [-0.2, -0.15) is 0 Å². The maximum atomic E-state index is 13.1. The number of halogens is 2. The topological polar surface area (TPSA) is 65.1 Å². The predicted octanol–water partition coefficient (Wildman–Crippen LogP) is 4.88. The average molecular weight is 409 g/mol. The molecule has 2 N–H and O–H groups in total. The van der Waals surface area contributed by atoms with Crippen LogP contribution in [0, 0.1) is 13.8 Å². The van der Waals surface area contributed by atoms with Gasteiger partial charge in [0.05, 0.1) is 4.90 Å². The molecule has 2 aromatic carbocycles. The summed E-state index contributed by atoms with van der Waals surface area (Å²) in [4.78, 5) is 0.302. The van der Waals surface area contributed by atoms with Crippen molar-refractivity contribution < 1.29 is 8.42 Å². The monoisotopic (exact) mass is 408 g/mol. The van der Waals surface area contributed by atoms with Gasteiger partial charge in [0.1, 0.15) is 10.7 Å². The lowest BCUT2D eigenvalue weighted by molar-refractivity contribution is 0.596. The minimum Gasteiger partial charge on any atom is -0.384 e. The van der Waals surface area contributed by atoms with E-state index in [1.165, 1.54) is 12.1 Å². The Balaban J connectivity index is 2.11. The van der Waals surface area contributed by atoms with E-state index in [1.54, 1.807) is 29.7 Å². The number of sulfone groups is 1. The minimum atomic E-state index is -3.75. The van der Waals surface area contributed by atoms with Gasteiger partial charge in [-0.1, -0.05) is 35.3 Å². The smallest absolute Gasteiger partial charge is 0.210 e. The molecule has 0 radical (unpaired) electrons. The average Bonchev–Trinajstić information content (AvgIpc) is 2.79. The Morgan fingerprint density at radius 1 is 1.00 bits per heavy atom. The van der Waals surface area contributed by atoms with Crippen LogP contribution in [0.25, 0.3) is 0 Å². The summed E-state index contributed by atoms with van der Waals surface area (Å²) >= 11 is 11.9. The zero-order valence-electron chi connectivity index (χ0n) is 14.3. The van der Waals surface area contributed by atoms with Crippen LogP contribution < -0.4 is 5.73 Å². The second-order valence-corrected chi connectivity index (χ2v) is 8.86. The molecule has 0 fully saturated rings. The van der Waals surface area contributed by atoms with E-state index in [2.05, 4.69) is 0 Å². The molecule has 4 nitrogen and oxygen atoms in total. The number of anilines is 1. The lowest BCUT2D eigenvalue weighted by Gasteiger charge is -2.10. The Morgan fingerprint density at radius 3 is 2.27 bits per heavy atom. The van der Waals surface area contributed by atoms with Gasteiger partial charge < -0.3 is 10.3 Å². The normalized spacial score (nSPS) is 11.7. The van der Waals surface area contributed by atoms with E-state index in [9.17, 15) is 8.42 Å². The summed E-state index contributed by atoms with van der Waals surface area (Å²) in [7, 11) is -3.75. The van der Waals surface area contributed by atoms with Crippen LogP contribution in [0.4, 0.5) is 5.82 Å². The van der Waals surface area contributed by atoms with Gasteiger partial charge in [-0.25, -0.2) is 8.42 Å². The summed E-state index contributed by atoms with van der Waals surface area (Å²) in [5.41, 5.74) is 8.65. The van der Waals surface area contributed by atoms with Crippen molar-refractivity contribution in [3.63, 3.8) is 0 Å². The van der Waals surface area contributed by atoms with E-state index in [4.69, 9.17) is 28.9 Å². The lowest BCUT2D eigenvalue weighted by atomic mass is 10.2. The second kappa shape index (κ2) is 6.99. The molecular weight excluding hydrogens is 391 g/mol. The zero-order valence-corrected chi connectivity index (χ0v) is 16.7. The van der Waals surface area contributed by atoms with Crippen molar-refractivity contribution in [1.29, 1.82) is 0 Å². The fraction of sp³-hybridized carbons (Fsp3) is 0.158. The van der Waals surface area contributed by atoms with E-state index < -0.39 is 9.84 Å². The Bertz CT molecular complexity index is 1070. The third kappa shape index (κ3) is 3.34. The van der Waals surface area contributed by atoms with Gasteiger partial charge >= 0.3 is 0 Å². The Kier molecular flexibility index (Phi) is 5.06. The van der Waals surface area contributed by atoms with E-state index in [-0.39, 0.29) is 15.6 Å². The van der Waals surface area contributed by atoms with Gasteiger partial charge in [0.2, 0.25) is 9.84 Å². The fourth-order valence-electron chi connectivity index (χ4n) is 2.95. The molecule has 0 atom stereocenters. The molecule has 0 saturated carbocycles. The number of rotatable bonds is 4. The van der Waals surface area contributed by atoms with Crippen LogP contribution in [0.5, 0.6) is 0 Å². The molecule has 136 valence electrons. The number of hydrogen-bond donors (Lipinski definition) is 1. The van der Waals surface area contributed by atoms with Gasteiger partial charge in [-0.05, 0) is 61.4 Å². The van der Waals surface area contributed by atoms with Crippen molar-refractivity contribution in [1.82, 2.24) is 4.57 Å². The summed E-state index contributed by atoms with van der Waals surface area (Å²) in [5, 5.41) is 1.10. The van der Waals surface area contributed by atoms with E-state index in [0.29, 0.717) is 22.2 Å². The summed E-state index contributed by atoms with van der Waals surface area (Å²) in [6.45, 7) is 4.06. The molecule has 1 aromatic heterocycles. The largest absolute Gasteiger partial charge is 0.384 e. The van der Waals surface area contributed by atoms with Gasteiger partial charge in [0.15, 0.2) is 0 Å². The fourth-order valence-corrected chi connectivity index (χ4v) is 4.96. The zero-order chi connectivity index (χ0) is 19.1. The SMILES string of the molecule is Cc1c(S(=O)(=O)c2ccc(Cl)cc2)c(N)n(Cc2cccc(Cl)c2)c1C. The van der Waals surface area contributed by atoms with Gasteiger partial charge in [-0.15, -0.1) is 0 Å². The van der Waals surface area contributed by atoms with E-state index in [1.807, 2.05) is 25.1 Å². The van der Waals surface area contributed by atoms with Crippen molar-refractivity contribution in [3.8, 4) is 0 Å². The standard InChI is InChI=1S/C19H18Cl2N2O2S/c1-12-13(2)23(11-14-4-3-5-16(21)10-14)19(22)18(12)26(24,25)17-8-6-15(20)7-9-17/h3-10H,11,22H2,1-2H3. The first-order valence-corrected chi connectivity index (χ1v) is 10.2. The molecule has 0 aliphatic heterocycles. The number of benzene rings is 2. The Labute approximate surface area is 163 Å². The first-order chi connectivity index (χ1) is 12.2. The highest BCUT2D eigenvalue weighted by molar-refractivity contribution is 7.91. The van der Waals surface area contributed by atoms with Crippen molar-refractivity contribution in [2.45, 2.75) is 30.2 Å². The summed E-state index contributed by atoms with van der Waals surface area (Å²) in [6, 6.07) is 13.5. The molecule has 0 saturated heterocycles. The third-order valence-corrected chi connectivity index (χ3v) is 6.87. The highest BCUT2D eigenvalue weighted by Gasteiger charge is 2.28. The number of aromatic nitrogens is 1. The van der Waals surface area contributed by atoms with Crippen LogP contribution in [0.1, 0.15) is 16.8 Å². The number of nitrogen functional groups attached to an aromatic ring is 1. The minimum absolute atomic E-state index is 0.138. The molecule has 0 spiro atoms. The van der Waals surface area contributed by atoms with E-state index >= 15 is 0 Å². The van der Waals surface area contributed by atoms with Crippen molar-refractivity contribution in [2.75, 3.05) is 5.73 Å². The molecule has 0 aliphatic carbocycles. The summed E-state index contributed by atoms with van der Waals surface area (Å²) < 4.78 is 28.0. The highest BCUT2D eigenvalue weighted by atomic mass is 35.5. The van der Waals surface area contributed by atoms with Gasteiger partial charge in [-0.3, -0.25) is 0 Å². The van der Waals surface area contributed by atoms with Crippen molar-refractivity contribution in [3.05, 3.63) is 75.4 Å². The van der Waals surface area contributed by atoms with Crippen LogP contribution >= 0.6 is 23.2 Å². The Morgan fingerprint density at radius 2 is 1.65 bits per heavy atom. The lowest BCUT2D eigenvalue weighted by Crippen LogP contribution is -2.09. The molecule has 0 aliphatic rings. The Hall–Kier alpha value is -1.95. The number of nitrogens with two attached hydrogens (primary N) is 1. The summed E-state index contributed by atoms with van der Waals surface area (Å²) in [5.74, 6) is 0.218. The quantitative estimate of drug-likeness (QED) is 0.668. The maximum absolute atomic E-state index is 13.1. The molecular formula is C19H18Cl2N2O2S. The molecule has 3 aromatic rings. The molecule has 0 bridgehead atoms. The number of nitrogens with zero attached hydrogens (tertiary/aromatic N) is 1. The molecule has 0 unspecified atom stereocenters. The van der Waals surface area contributed by atoms with Gasteiger partial charge in [0.25, 0.3) is 0 Å². The third-order valence-electron chi connectivity index (χ3n) is 4.43. The second-order valence-electron chi connectivity index (χ2n) is 6.10. The summed E-state index contributed by atoms with van der Waals surface area (Å²) in [6.07, 6.45) is 0. The molecule has 3 rings (SSSR count). The van der Waals surface area contributed by atoms with Crippen LogP contribution in [-0.4, -0.2) is 13.0 Å². The van der Waals surface area contributed by atoms with Crippen LogP contribution in [-0.2, 0) is 16.4 Å². The van der Waals surface area contributed by atoms with Crippen LogP contribution in [0.15, 0.2) is 58.3 Å². The molecule has 26 heavy (non-hydrogen) atoms.